The summed E-state index contributed by atoms with van der Waals surface area (Å²) in [6.07, 6.45) is 0. The van der Waals surface area contributed by atoms with Gasteiger partial charge in [0.1, 0.15) is 0 Å². The van der Waals surface area contributed by atoms with Crippen LogP contribution in [0.25, 0.3) is 83.1 Å². The van der Waals surface area contributed by atoms with Crippen LogP contribution in [0, 0.1) is 0 Å². The summed E-state index contributed by atoms with van der Waals surface area (Å²) < 4.78 is 2.50. The molecular weight excluding hydrogens is 699 g/mol. The van der Waals surface area contributed by atoms with Crippen molar-refractivity contribution >= 4 is 21.8 Å². The third kappa shape index (κ3) is 4.37. The zero-order valence-electron chi connectivity index (χ0n) is 34.0. The summed E-state index contributed by atoms with van der Waals surface area (Å²) in [6, 6.07) is 62.5. The normalized spacial score (nSPS) is 15.8. The molecule has 12 rings (SSSR count). The Bertz CT molecular complexity index is 3090. The minimum atomic E-state index is -0.0803. The fourth-order valence-corrected chi connectivity index (χ4v) is 11.3. The average Bonchev–Trinajstić information content (AvgIpc) is 3.86. The highest BCUT2D eigenvalue weighted by molar-refractivity contribution is 6.12. The zero-order chi connectivity index (χ0) is 39.3. The summed E-state index contributed by atoms with van der Waals surface area (Å²) in [5.41, 5.74) is 25.0. The molecule has 3 aliphatic rings. The van der Waals surface area contributed by atoms with Crippen molar-refractivity contribution in [3.8, 4) is 61.3 Å². The van der Waals surface area contributed by atoms with Gasteiger partial charge in [-0.05, 0) is 138 Å². The van der Waals surface area contributed by atoms with E-state index in [0.717, 1.165) is 0 Å². The number of nitrogens with zero attached hydrogens (tertiary/aromatic N) is 1. The van der Waals surface area contributed by atoms with Crippen molar-refractivity contribution < 1.29 is 0 Å². The number of rotatable bonds is 3. The van der Waals surface area contributed by atoms with Gasteiger partial charge in [-0.1, -0.05) is 157 Å². The Morgan fingerprint density at radius 1 is 0.293 bits per heavy atom. The molecular formula is C57H45N. The highest BCUT2D eigenvalue weighted by Gasteiger charge is 2.38. The topological polar surface area (TPSA) is 4.93 Å². The standard InChI is InChI=1S/C57H45N/c1-55(2)47-16-10-7-13-39(47)42-24-19-36(31-50(42)55)34-21-27-53-45(29-34)46-30-35(37-20-25-43-40-14-8-11-17-48(40)56(3,4)51(43)32-37)22-28-54(46)58(53)38-23-26-44-41-15-9-12-18-49(41)57(5,6)52(44)33-38/h7-33H,1-6H3. The van der Waals surface area contributed by atoms with E-state index in [1.165, 1.54) is 117 Å². The number of fused-ring (bicyclic) bond motifs is 12. The molecule has 1 aromatic heterocycles. The lowest BCUT2D eigenvalue weighted by molar-refractivity contribution is 0.660. The second kappa shape index (κ2) is 11.4. The quantitative estimate of drug-likeness (QED) is 0.170. The van der Waals surface area contributed by atoms with E-state index in [1.807, 2.05) is 0 Å². The molecule has 1 heterocycles. The molecule has 0 bridgehead atoms. The lowest BCUT2D eigenvalue weighted by Gasteiger charge is -2.22. The summed E-state index contributed by atoms with van der Waals surface area (Å²) in [5, 5.41) is 2.55. The van der Waals surface area contributed by atoms with Crippen LogP contribution >= 0.6 is 0 Å². The van der Waals surface area contributed by atoms with Crippen LogP contribution in [0.1, 0.15) is 74.9 Å². The molecule has 0 spiro atoms. The molecule has 0 saturated heterocycles. The largest absolute Gasteiger partial charge is 0.309 e. The van der Waals surface area contributed by atoms with Crippen molar-refractivity contribution in [1.82, 2.24) is 4.57 Å². The third-order valence-corrected chi connectivity index (χ3v) is 14.4. The predicted octanol–water partition coefficient (Wildman–Crippen LogP) is 15.0. The van der Waals surface area contributed by atoms with Crippen LogP contribution in [0.2, 0.25) is 0 Å². The predicted molar refractivity (Wildman–Crippen MR) is 244 cm³/mol. The lowest BCUT2D eigenvalue weighted by Crippen LogP contribution is -2.15. The van der Waals surface area contributed by atoms with E-state index < -0.39 is 0 Å². The van der Waals surface area contributed by atoms with E-state index in [-0.39, 0.29) is 16.2 Å². The van der Waals surface area contributed by atoms with E-state index >= 15 is 0 Å². The highest BCUT2D eigenvalue weighted by Crippen LogP contribution is 2.53. The Hall–Kier alpha value is -6.44. The minimum absolute atomic E-state index is 0.0518. The van der Waals surface area contributed by atoms with Crippen LogP contribution in [-0.2, 0) is 16.2 Å². The third-order valence-electron chi connectivity index (χ3n) is 14.4. The summed E-state index contributed by atoms with van der Waals surface area (Å²) in [5.74, 6) is 0. The van der Waals surface area contributed by atoms with Crippen molar-refractivity contribution in [2.75, 3.05) is 0 Å². The van der Waals surface area contributed by atoms with Gasteiger partial charge in [0.2, 0.25) is 0 Å². The van der Waals surface area contributed by atoms with Crippen molar-refractivity contribution in [3.63, 3.8) is 0 Å². The molecule has 9 aromatic rings. The van der Waals surface area contributed by atoms with Gasteiger partial charge >= 0.3 is 0 Å². The SMILES string of the molecule is CC1(C)c2ccccc2-c2ccc(-c3ccc4c(c3)c3cc(-c5ccc6c(c5)C(C)(C)c5ccccc5-6)ccc3n4-c3ccc4c(c3)C(C)(C)c3ccccc3-4)cc21. The van der Waals surface area contributed by atoms with Crippen LogP contribution in [-0.4, -0.2) is 4.57 Å². The first-order valence-electron chi connectivity index (χ1n) is 20.8. The number of hydrogen-bond donors (Lipinski definition) is 0. The first-order valence-corrected chi connectivity index (χ1v) is 20.8. The van der Waals surface area contributed by atoms with Crippen LogP contribution < -0.4 is 0 Å². The molecule has 0 unspecified atom stereocenters. The molecule has 1 heteroatoms. The number of hydrogen-bond acceptors (Lipinski definition) is 0. The maximum Gasteiger partial charge on any atom is 0.0541 e. The van der Waals surface area contributed by atoms with Gasteiger partial charge in [0, 0.05) is 32.7 Å². The van der Waals surface area contributed by atoms with Crippen molar-refractivity contribution in [2.24, 2.45) is 0 Å². The summed E-state index contributed by atoms with van der Waals surface area (Å²) in [4.78, 5) is 0. The van der Waals surface area contributed by atoms with Gasteiger partial charge in [-0.2, -0.15) is 0 Å². The van der Waals surface area contributed by atoms with Crippen LogP contribution in [0.4, 0.5) is 0 Å². The Morgan fingerprint density at radius 2 is 0.621 bits per heavy atom. The molecule has 1 nitrogen and oxygen atoms in total. The Balaban J connectivity index is 1.06. The van der Waals surface area contributed by atoms with Gasteiger partial charge in [-0.25, -0.2) is 0 Å². The molecule has 8 aromatic carbocycles. The maximum atomic E-state index is 2.50. The molecule has 0 amide bonds. The van der Waals surface area contributed by atoms with Gasteiger partial charge < -0.3 is 4.57 Å². The maximum absolute atomic E-state index is 2.50. The molecule has 278 valence electrons. The molecule has 0 N–H and O–H groups in total. The van der Waals surface area contributed by atoms with Gasteiger partial charge in [0.05, 0.1) is 11.0 Å². The Morgan fingerprint density at radius 3 is 1.05 bits per heavy atom. The van der Waals surface area contributed by atoms with Gasteiger partial charge in [-0.3, -0.25) is 0 Å². The second-order valence-electron chi connectivity index (χ2n) is 18.6. The fourth-order valence-electron chi connectivity index (χ4n) is 11.3. The van der Waals surface area contributed by atoms with E-state index in [2.05, 4.69) is 210 Å². The van der Waals surface area contributed by atoms with Crippen molar-refractivity contribution in [3.05, 3.63) is 197 Å². The van der Waals surface area contributed by atoms with Gasteiger partial charge in [-0.15, -0.1) is 0 Å². The average molecular weight is 744 g/mol. The van der Waals surface area contributed by atoms with E-state index in [0.29, 0.717) is 0 Å². The molecule has 0 fully saturated rings. The van der Waals surface area contributed by atoms with E-state index in [1.54, 1.807) is 0 Å². The van der Waals surface area contributed by atoms with Gasteiger partial charge in [0.25, 0.3) is 0 Å². The lowest BCUT2D eigenvalue weighted by atomic mass is 9.81. The van der Waals surface area contributed by atoms with Crippen molar-refractivity contribution in [1.29, 1.82) is 0 Å². The monoisotopic (exact) mass is 743 g/mol. The van der Waals surface area contributed by atoms with Crippen molar-refractivity contribution in [2.45, 2.75) is 57.8 Å². The summed E-state index contributed by atoms with van der Waals surface area (Å²) >= 11 is 0. The highest BCUT2D eigenvalue weighted by atomic mass is 15.0. The van der Waals surface area contributed by atoms with E-state index in [9.17, 15) is 0 Å². The van der Waals surface area contributed by atoms with Crippen LogP contribution in [0.3, 0.4) is 0 Å². The number of aromatic nitrogens is 1. The molecule has 0 saturated carbocycles. The molecule has 58 heavy (non-hydrogen) atoms. The van der Waals surface area contributed by atoms with Crippen LogP contribution in [0.5, 0.6) is 0 Å². The first-order chi connectivity index (χ1) is 28.0. The fraction of sp³-hybridized carbons (Fsp3) is 0.158. The summed E-state index contributed by atoms with van der Waals surface area (Å²) in [6.45, 7) is 14.2. The Labute approximate surface area is 341 Å². The zero-order valence-corrected chi connectivity index (χ0v) is 34.0. The number of benzene rings is 8. The minimum Gasteiger partial charge on any atom is -0.309 e. The van der Waals surface area contributed by atoms with Crippen LogP contribution in [0.15, 0.2) is 164 Å². The van der Waals surface area contributed by atoms with Gasteiger partial charge in [0.15, 0.2) is 0 Å². The van der Waals surface area contributed by atoms with E-state index in [4.69, 9.17) is 0 Å². The molecule has 3 aliphatic carbocycles. The Kier molecular flexibility index (Phi) is 6.60. The molecule has 0 aliphatic heterocycles. The second-order valence-corrected chi connectivity index (χ2v) is 18.6. The first kappa shape index (κ1) is 33.7. The molecule has 0 atom stereocenters. The molecule has 0 radical (unpaired) electrons. The smallest absolute Gasteiger partial charge is 0.0541 e. The summed E-state index contributed by atoms with van der Waals surface area (Å²) in [7, 11) is 0.